The van der Waals surface area contributed by atoms with Gasteiger partial charge in [-0.05, 0) is 18.2 Å². The molecule has 0 radical (unpaired) electrons. The van der Waals surface area contributed by atoms with Crippen LogP contribution in [0.2, 0.25) is 0 Å². The lowest BCUT2D eigenvalue weighted by molar-refractivity contribution is -0.118. The summed E-state index contributed by atoms with van der Waals surface area (Å²) in [6, 6.07) is 8.88. The zero-order valence-corrected chi connectivity index (χ0v) is 19.2. The molecule has 0 aromatic carbocycles. The van der Waals surface area contributed by atoms with E-state index in [1.54, 1.807) is 30.5 Å². The minimum atomic E-state index is -0.334. The van der Waals surface area contributed by atoms with E-state index in [1.807, 2.05) is 6.07 Å². The Kier molecular flexibility index (Phi) is 5.41. The molecule has 12 heteroatoms. The first-order valence-corrected chi connectivity index (χ1v) is 11.3. The van der Waals surface area contributed by atoms with E-state index in [9.17, 15) is 9.59 Å². The van der Waals surface area contributed by atoms with Crippen molar-refractivity contribution < 1.29 is 19.0 Å². The van der Waals surface area contributed by atoms with E-state index in [2.05, 4.69) is 30.6 Å². The fraction of sp³-hybridized carbons (Fsp3) is 0.250. The number of hydrogen-bond acceptors (Lipinski definition) is 10. The second kappa shape index (κ2) is 8.89. The fourth-order valence-electron chi connectivity index (χ4n) is 4.17. The van der Waals surface area contributed by atoms with Gasteiger partial charge >= 0.3 is 0 Å². The maximum atomic E-state index is 12.7. The molecule has 6 rings (SSSR count). The number of carbonyl (C=O) groups is 1. The van der Waals surface area contributed by atoms with Crippen molar-refractivity contribution in [2.75, 3.05) is 25.6 Å². The minimum absolute atomic E-state index is 0.00343. The molecule has 1 amide bonds. The van der Waals surface area contributed by atoms with Gasteiger partial charge in [0.05, 0.1) is 36.6 Å². The van der Waals surface area contributed by atoms with Crippen LogP contribution in [0.3, 0.4) is 0 Å². The Morgan fingerprint density at radius 3 is 2.92 bits per heavy atom. The van der Waals surface area contributed by atoms with Crippen molar-refractivity contribution in [1.82, 2.24) is 29.8 Å². The lowest BCUT2D eigenvalue weighted by Crippen LogP contribution is -2.39. The molecule has 1 atom stereocenters. The van der Waals surface area contributed by atoms with Crippen molar-refractivity contribution in [3.8, 4) is 23.1 Å². The van der Waals surface area contributed by atoms with Crippen LogP contribution in [-0.2, 0) is 17.8 Å². The predicted octanol–water partition coefficient (Wildman–Crippen LogP) is 1.00. The van der Waals surface area contributed by atoms with Gasteiger partial charge in [-0.1, -0.05) is 0 Å². The summed E-state index contributed by atoms with van der Waals surface area (Å²) in [5.74, 6) is 1.75. The number of carbonyl (C=O) groups excluding carboxylic acids is 1. The highest BCUT2D eigenvalue weighted by atomic mass is 16.5. The molecular weight excluding hydrogens is 466 g/mol. The molecule has 6 heterocycles. The SMILES string of the molecule is COc1ccc2ncc(=O)n(-c3cnc4c(c3)OCC(NCc3ccc5c(n3)NC(=O)CO5)C4)c2n1. The summed E-state index contributed by atoms with van der Waals surface area (Å²) in [5.41, 5.74) is 2.66. The van der Waals surface area contributed by atoms with Crippen LogP contribution in [0.25, 0.3) is 16.9 Å². The van der Waals surface area contributed by atoms with Gasteiger partial charge in [-0.2, -0.15) is 4.98 Å². The summed E-state index contributed by atoms with van der Waals surface area (Å²) in [6.07, 6.45) is 3.52. The third-order valence-electron chi connectivity index (χ3n) is 5.94. The Balaban J connectivity index is 1.20. The molecule has 0 aliphatic carbocycles. The van der Waals surface area contributed by atoms with E-state index in [0.29, 0.717) is 59.6 Å². The molecule has 36 heavy (non-hydrogen) atoms. The van der Waals surface area contributed by atoms with Crippen molar-refractivity contribution >= 4 is 22.9 Å². The van der Waals surface area contributed by atoms with Gasteiger partial charge in [0.1, 0.15) is 17.9 Å². The Labute approximate surface area is 204 Å². The zero-order chi connectivity index (χ0) is 24.6. The number of anilines is 1. The number of aromatic nitrogens is 5. The maximum absolute atomic E-state index is 12.7. The Morgan fingerprint density at radius 1 is 1.11 bits per heavy atom. The average molecular weight is 487 g/mol. The van der Waals surface area contributed by atoms with Crippen molar-refractivity contribution in [2.45, 2.75) is 19.0 Å². The van der Waals surface area contributed by atoms with Gasteiger partial charge in [-0.15, -0.1) is 0 Å². The predicted molar refractivity (Wildman–Crippen MR) is 128 cm³/mol. The maximum Gasteiger partial charge on any atom is 0.275 e. The molecule has 182 valence electrons. The van der Waals surface area contributed by atoms with Gasteiger partial charge in [-0.3, -0.25) is 19.1 Å². The number of ether oxygens (including phenoxy) is 3. The van der Waals surface area contributed by atoms with Gasteiger partial charge in [-0.25, -0.2) is 9.97 Å². The normalized spacial score (nSPS) is 16.4. The highest BCUT2D eigenvalue weighted by Gasteiger charge is 2.23. The summed E-state index contributed by atoms with van der Waals surface area (Å²) in [6.45, 7) is 0.897. The third-order valence-corrected chi connectivity index (χ3v) is 5.94. The first kappa shape index (κ1) is 21.9. The first-order valence-electron chi connectivity index (χ1n) is 11.3. The number of amides is 1. The topological polar surface area (TPSA) is 142 Å². The fourth-order valence-corrected chi connectivity index (χ4v) is 4.17. The molecule has 0 saturated heterocycles. The lowest BCUT2D eigenvalue weighted by Gasteiger charge is -2.26. The standard InChI is InChI=1S/C24H21N7O5/c1-34-21-5-3-16-24(30-21)31(22(33)10-27-16)15-7-19-17(26-9-15)6-14(11-35-19)25-8-13-2-4-18-23(28-13)29-20(32)12-36-18/h2-5,7,9-10,14,25H,6,8,11-12H2,1H3,(H,28,29,32). The Bertz CT molecular complexity index is 1550. The summed E-state index contributed by atoms with van der Waals surface area (Å²) >= 11 is 0. The molecule has 1 unspecified atom stereocenters. The van der Waals surface area contributed by atoms with Crippen molar-refractivity contribution in [1.29, 1.82) is 0 Å². The van der Waals surface area contributed by atoms with Crippen LogP contribution in [0.15, 0.2) is 47.5 Å². The summed E-state index contributed by atoms with van der Waals surface area (Å²) in [7, 11) is 1.51. The summed E-state index contributed by atoms with van der Waals surface area (Å²) in [5, 5.41) is 6.13. The molecule has 12 nitrogen and oxygen atoms in total. The number of hydrogen-bond donors (Lipinski definition) is 2. The van der Waals surface area contributed by atoms with E-state index in [0.717, 1.165) is 11.4 Å². The minimum Gasteiger partial charge on any atom is -0.490 e. The van der Waals surface area contributed by atoms with Crippen LogP contribution >= 0.6 is 0 Å². The van der Waals surface area contributed by atoms with Crippen molar-refractivity contribution in [3.05, 3.63) is 64.5 Å². The summed E-state index contributed by atoms with van der Waals surface area (Å²) < 4.78 is 18.0. The van der Waals surface area contributed by atoms with Crippen molar-refractivity contribution in [2.24, 2.45) is 0 Å². The molecule has 2 aliphatic rings. The Hall–Kier alpha value is -4.58. The summed E-state index contributed by atoms with van der Waals surface area (Å²) in [4.78, 5) is 41.8. The van der Waals surface area contributed by atoms with Crippen molar-refractivity contribution in [3.63, 3.8) is 0 Å². The largest absolute Gasteiger partial charge is 0.490 e. The molecule has 4 aromatic rings. The number of methoxy groups -OCH3 is 1. The van der Waals surface area contributed by atoms with Crippen LogP contribution in [-0.4, -0.2) is 56.8 Å². The van der Waals surface area contributed by atoms with Gasteiger partial charge in [0.15, 0.2) is 23.8 Å². The Morgan fingerprint density at radius 2 is 2.03 bits per heavy atom. The lowest BCUT2D eigenvalue weighted by atomic mass is 10.1. The monoisotopic (exact) mass is 487 g/mol. The molecule has 0 fully saturated rings. The van der Waals surface area contributed by atoms with Crippen LogP contribution in [0, 0.1) is 0 Å². The number of fused-ring (bicyclic) bond motifs is 3. The van der Waals surface area contributed by atoms with E-state index in [1.165, 1.54) is 17.9 Å². The molecule has 0 saturated carbocycles. The molecule has 4 aromatic heterocycles. The second-order valence-corrected chi connectivity index (χ2v) is 8.35. The quantitative estimate of drug-likeness (QED) is 0.419. The molecule has 2 aliphatic heterocycles. The van der Waals surface area contributed by atoms with Gasteiger partial charge in [0, 0.05) is 31.1 Å². The van der Waals surface area contributed by atoms with E-state index in [4.69, 9.17) is 14.2 Å². The number of pyridine rings is 3. The van der Waals surface area contributed by atoms with E-state index >= 15 is 0 Å². The van der Waals surface area contributed by atoms with Gasteiger partial charge in [0.2, 0.25) is 5.88 Å². The van der Waals surface area contributed by atoms with Gasteiger partial charge < -0.3 is 24.8 Å². The highest BCUT2D eigenvalue weighted by molar-refractivity contribution is 5.94. The van der Waals surface area contributed by atoms with Crippen LogP contribution < -0.4 is 30.4 Å². The molecule has 2 N–H and O–H groups in total. The van der Waals surface area contributed by atoms with Crippen LogP contribution in [0.5, 0.6) is 17.4 Å². The molecule has 0 spiro atoms. The first-order chi connectivity index (χ1) is 17.6. The molecular formula is C24H21N7O5. The number of nitrogens with one attached hydrogen (secondary N) is 2. The smallest absolute Gasteiger partial charge is 0.275 e. The zero-order valence-electron chi connectivity index (χ0n) is 19.2. The van der Waals surface area contributed by atoms with Crippen LogP contribution in [0.4, 0.5) is 5.82 Å². The number of nitrogens with zero attached hydrogens (tertiary/aromatic N) is 5. The second-order valence-electron chi connectivity index (χ2n) is 8.35. The average Bonchev–Trinajstić information content (AvgIpc) is 2.91. The van der Waals surface area contributed by atoms with E-state index in [-0.39, 0.29) is 24.1 Å². The third kappa shape index (κ3) is 4.07. The van der Waals surface area contributed by atoms with Gasteiger partial charge in [0.25, 0.3) is 11.5 Å². The number of rotatable bonds is 5. The molecule has 0 bridgehead atoms. The highest BCUT2D eigenvalue weighted by Crippen LogP contribution is 2.27. The van der Waals surface area contributed by atoms with Crippen LogP contribution in [0.1, 0.15) is 11.4 Å². The van der Waals surface area contributed by atoms with E-state index < -0.39 is 0 Å².